The van der Waals surface area contributed by atoms with E-state index < -0.39 is 29.7 Å². The van der Waals surface area contributed by atoms with Crippen molar-refractivity contribution in [2.45, 2.75) is 69.4 Å². The minimum atomic E-state index is -2.81. The van der Waals surface area contributed by atoms with Gasteiger partial charge in [-0.3, -0.25) is 14.4 Å². The van der Waals surface area contributed by atoms with E-state index >= 15 is 0 Å². The van der Waals surface area contributed by atoms with Crippen molar-refractivity contribution in [2.75, 3.05) is 0 Å². The summed E-state index contributed by atoms with van der Waals surface area (Å²) >= 11 is 0. The van der Waals surface area contributed by atoms with Gasteiger partial charge in [-0.2, -0.15) is 5.26 Å². The van der Waals surface area contributed by atoms with Crippen LogP contribution in [0.4, 0.5) is 8.78 Å². The SMILES string of the molecule is Cc1ccc(C(=O)CC(CC2CC2(F)F)C(=O)NC(C#N)CC2CC3(CC3)NC2=O)[nH]1. The maximum absolute atomic E-state index is 13.5. The van der Waals surface area contributed by atoms with Crippen molar-refractivity contribution in [3.8, 4) is 6.07 Å². The number of carbonyl (C=O) groups is 3. The van der Waals surface area contributed by atoms with Gasteiger partial charge in [-0.25, -0.2) is 8.78 Å². The standard InChI is InChI=1S/C22H26F2N4O3/c1-12-2-3-17(26-12)18(29)8-13(6-15-10-22(15,23)24)19(30)27-16(11-25)7-14-9-21(4-5-21)28-20(14)31/h2-3,13-16,26H,4-10H2,1H3,(H,27,30)(H,28,31). The summed E-state index contributed by atoms with van der Waals surface area (Å²) in [6.45, 7) is 1.79. The first kappa shape index (κ1) is 21.5. The van der Waals surface area contributed by atoms with Gasteiger partial charge in [0.25, 0.3) is 5.92 Å². The second-order valence-corrected chi connectivity index (χ2v) is 9.37. The summed E-state index contributed by atoms with van der Waals surface area (Å²) in [7, 11) is 0. The molecule has 2 heterocycles. The predicted molar refractivity (Wildman–Crippen MR) is 106 cm³/mol. The average Bonchev–Trinajstić information content (AvgIpc) is 3.47. The van der Waals surface area contributed by atoms with E-state index in [9.17, 15) is 28.4 Å². The van der Waals surface area contributed by atoms with Gasteiger partial charge >= 0.3 is 0 Å². The number of hydrogen-bond acceptors (Lipinski definition) is 4. The van der Waals surface area contributed by atoms with Crippen LogP contribution in [0.15, 0.2) is 12.1 Å². The van der Waals surface area contributed by atoms with Gasteiger partial charge in [0.15, 0.2) is 5.78 Å². The van der Waals surface area contributed by atoms with Gasteiger partial charge in [-0.15, -0.1) is 0 Å². The third-order valence-corrected chi connectivity index (χ3v) is 6.70. The molecule has 0 bridgehead atoms. The molecule has 3 N–H and O–H groups in total. The molecule has 4 atom stereocenters. The zero-order valence-corrected chi connectivity index (χ0v) is 17.3. The van der Waals surface area contributed by atoms with Crippen LogP contribution in [0, 0.1) is 36.0 Å². The van der Waals surface area contributed by atoms with Crippen LogP contribution in [0.1, 0.15) is 61.1 Å². The van der Waals surface area contributed by atoms with Crippen molar-refractivity contribution in [1.82, 2.24) is 15.6 Å². The number of nitrogens with zero attached hydrogens (tertiary/aromatic N) is 1. The molecule has 7 nitrogen and oxygen atoms in total. The molecule has 4 rings (SSSR count). The number of alkyl halides is 2. The smallest absolute Gasteiger partial charge is 0.251 e. The van der Waals surface area contributed by atoms with Crippen LogP contribution in [-0.4, -0.2) is 40.1 Å². The predicted octanol–water partition coefficient (Wildman–Crippen LogP) is 2.62. The lowest BCUT2D eigenvalue weighted by molar-refractivity contribution is -0.127. The second-order valence-electron chi connectivity index (χ2n) is 9.37. The number of aryl methyl sites for hydroxylation is 1. The van der Waals surface area contributed by atoms with Crippen LogP contribution in [0.2, 0.25) is 0 Å². The average molecular weight is 432 g/mol. The van der Waals surface area contributed by atoms with E-state index in [0.29, 0.717) is 12.1 Å². The molecule has 0 radical (unpaired) electrons. The minimum absolute atomic E-state index is 0.113. The third kappa shape index (κ3) is 4.78. The van der Waals surface area contributed by atoms with Crippen LogP contribution in [0.25, 0.3) is 0 Å². The molecule has 0 aromatic carbocycles. The Balaban J connectivity index is 1.39. The van der Waals surface area contributed by atoms with Crippen LogP contribution < -0.4 is 10.6 Å². The van der Waals surface area contributed by atoms with Crippen molar-refractivity contribution >= 4 is 17.6 Å². The molecule has 1 aromatic heterocycles. The number of hydrogen-bond donors (Lipinski definition) is 3. The fourth-order valence-electron chi connectivity index (χ4n) is 4.52. The zero-order chi connectivity index (χ0) is 22.4. The van der Waals surface area contributed by atoms with E-state index in [-0.39, 0.29) is 48.8 Å². The van der Waals surface area contributed by atoms with Crippen LogP contribution >= 0.6 is 0 Å². The highest BCUT2D eigenvalue weighted by atomic mass is 19.3. The first-order chi connectivity index (χ1) is 14.6. The number of rotatable bonds is 9. The van der Waals surface area contributed by atoms with Crippen molar-refractivity contribution in [3.05, 3.63) is 23.5 Å². The van der Waals surface area contributed by atoms with Crippen molar-refractivity contribution in [1.29, 1.82) is 5.26 Å². The molecular weight excluding hydrogens is 406 g/mol. The zero-order valence-electron chi connectivity index (χ0n) is 17.3. The molecule has 1 spiro atoms. The number of ketones is 1. The summed E-state index contributed by atoms with van der Waals surface area (Å²) in [6.07, 6.45) is 2.04. The molecule has 2 amide bonds. The van der Waals surface area contributed by atoms with Crippen molar-refractivity contribution in [3.63, 3.8) is 0 Å². The molecular formula is C22H26F2N4O3. The fourth-order valence-corrected chi connectivity index (χ4v) is 4.52. The fraction of sp³-hybridized carbons (Fsp3) is 0.636. The van der Waals surface area contributed by atoms with Gasteiger partial charge < -0.3 is 15.6 Å². The number of nitriles is 1. The molecule has 1 saturated heterocycles. The number of amides is 2. The maximum atomic E-state index is 13.5. The minimum Gasteiger partial charge on any atom is -0.356 e. The van der Waals surface area contributed by atoms with Gasteiger partial charge in [0, 0.05) is 41.8 Å². The second kappa shape index (κ2) is 7.74. The Morgan fingerprint density at radius 3 is 2.52 bits per heavy atom. The van der Waals surface area contributed by atoms with Crippen LogP contribution in [-0.2, 0) is 9.59 Å². The monoisotopic (exact) mass is 432 g/mol. The molecule has 4 unspecified atom stereocenters. The molecule has 3 fully saturated rings. The van der Waals surface area contributed by atoms with Crippen molar-refractivity contribution in [2.24, 2.45) is 17.8 Å². The Bertz CT molecular complexity index is 947. The lowest BCUT2D eigenvalue weighted by Crippen LogP contribution is -2.41. The number of carbonyl (C=O) groups excluding carboxylic acids is 3. The highest BCUT2D eigenvalue weighted by Crippen LogP contribution is 2.52. The van der Waals surface area contributed by atoms with Gasteiger partial charge in [0.2, 0.25) is 11.8 Å². The first-order valence-electron chi connectivity index (χ1n) is 10.7. The Kier molecular flexibility index (Phi) is 5.36. The Hall–Kier alpha value is -2.76. The summed E-state index contributed by atoms with van der Waals surface area (Å²) in [5.41, 5.74) is 0.977. The number of nitrogens with one attached hydrogen (secondary N) is 3. The number of H-pyrrole nitrogens is 1. The number of aromatic nitrogens is 1. The normalized spacial score (nSPS) is 26.6. The number of aromatic amines is 1. The van der Waals surface area contributed by atoms with Gasteiger partial charge in [-0.1, -0.05) is 0 Å². The Morgan fingerprint density at radius 1 is 1.29 bits per heavy atom. The van der Waals surface area contributed by atoms with E-state index in [0.717, 1.165) is 18.5 Å². The van der Waals surface area contributed by atoms with E-state index in [4.69, 9.17) is 0 Å². The highest BCUT2D eigenvalue weighted by molar-refractivity contribution is 5.97. The molecule has 2 aliphatic carbocycles. The molecule has 9 heteroatoms. The number of Topliss-reactive ketones (excluding diaryl/α,β-unsaturated/α-hetero) is 1. The molecule has 2 saturated carbocycles. The Morgan fingerprint density at radius 2 is 2.00 bits per heavy atom. The van der Waals surface area contributed by atoms with Crippen molar-refractivity contribution < 1.29 is 23.2 Å². The molecule has 1 aromatic rings. The highest BCUT2D eigenvalue weighted by Gasteiger charge is 2.57. The van der Waals surface area contributed by atoms with E-state index in [1.54, 1.807) is 19.1 Å². The van der Waals surface area contributed by atoms with Gasteiger partial charge in [-0.05, 0) is 51.2 Å². The van der Waals surface area contributed by atoms with E-state index in [1.807, 2.05) is 6.07 Å². The van der Waals surface area contributed by atoms with Crippen LogP contribution in [0.3, 0.4) is 0 Å². The summed E-state index contributed by atoms with van der Waals surface area (Å²) in [6, 6.07) is 4.42. The lowest BCUT2D eigenvalue weighted by atomic mass is 9.92. The topological polar surface area (TPSA) is 115 Å². The Labute approximate surface area is 178 Å². The summed E-state index contributed by atoms with van der Waals surface area (Å²) in [5.74, 6) is -6.10. The molecule has 166 valence electrons. The largest absolute Gasteiger partial charge is 0.356 e. The maximum Gasteiger partial charge on any atom is 0.251 e. The first-order valence-corrected chi connectivity index (χ1v) is 10.7. The summed E-state index contributed by atoms with van der Waals surface area (Å²) in [4.78, 5) is 40.5. The van der Waals surface area contributed by atoms with Gasteiger partial charge in [0.1, 0.15) is 6.04 Å². The molecule has 3 aliphatic rings. The molecule has 1 aliphatic heterocycles. The third-order valence-electron chi connectivity index (χ3n) is 6.70. The van der Waals surface area contributed by atoms with E-state index in [2.05, 4.69) is 15.6 Å². The summed E-state index contributed by atoms with van der Waals surface area (Å²) < 4.78 is 27.0. The summed E-state index contributed by atoms with van der Waals surface area (Å²) in [5, 5.41) is 15.1. The van der Waals surface area contributed by atoms with Gasteiger partial charge in [0.05, 0.1) is 11.8 Å². The number of halogens is 2. The quantitative estimate of drug-likeness (QED) is 0.520. The molecule has 31 heavy (non-hydrogen) atoms. The lowest BCUT2D eigenvalue weighted by Gasteiger charge is -2.20. The van der Waals surface area contributed by atoms with Crippen LogP contribution in [0.5, 0.6) is 0 Å². The van der Waals surface area contributed by atoms with E-state index in [1.165, 1.54) is 0 Å².